The number of hydrogen-bond donors (Lipinski definition) is 1. The molecule has 0 saturated carbocycles. The first-order chi connectivity index (χ1) is 4.70. The van der Waals surface area contributed by atoms with E-state index in [-0.39, 0.29) is 6.42 Å². The number of carbonyl (C=O) groups is 1. The average molecular weight is 197 g/mol. The number of carboxylic acid groups (broad SMARTS) is 1. The molecule has 0 radical (unpaired) electrons. The van der Waals surface area contributed by atoms with Gasteiger partial charge in [0.2, 0.25) is 0 Å². The van der Waals surface area contributed by atoms with Gasteiger partial charge in [0.1, 0.15) is 0 Å². The van der Waals surface area contributed by atoms with Crippen molar-refractivity contribution in [2.75, 3.05) is 6.61 Å². The van der Waals surface area contributed by atoms with Gasteiger partial charge in [-0.2, -0.15) is 0 Å². The molecule has 1 atom stereocenters. The van der Waals surface area contributed by atoms with E-state index in [1.54, 1.807) is 6.92 Å². The van der Waals surface area contributed by atoms with Crippen LogP contribution in [-0.2, 0) is 27.8 Å². The van der Waals surface area contributed by atoms with Crippen molar-refractivity contribution >= 4 is 5.97 Å². The summed E-state index contributed by atoms with van der Waals surface area (Å²) in [5.41, 5.74) is 0. The summed E-state index contributed by atoms with van der Waals surface area (Å²) in [4.78, 5) is 9.37. The third-order valence-corrected chi connectivity index (χ3v) is 2.38. The van der Waals surface area contributed by atoms with E-state index in [1.165, 1.54) is 23.3 Å². The molecule has 10 heavy (non-hydrogen) atoms. The summed E-state index contributed by atoms with van der Waals surface area (Å²) in [6.07, 6.45) is 0.912. The van der Waals surface area contributed by atoms with Crippen LogP contribution < -0.4 is 0 Å². The van der Waals surface area contributed by atoms with Crippen molar-refractivity contribution < 1.29 is 32.9 Å². The maximum absolute atomic E-state index is 9.37. The second-order valence-corrected chi connectivity index (χ2v) is 3.20. The molecule has 0 aromatic heterocycles. The summed E-state index contributed by atoms with van der Waals surface area (Å²) in [5, 5.41) is 9.04. The van der Waals surface area contributed by atoms with Crippen LogP contribution in [0.15, 0.2) is 0 Å². The van der Waals surface area contributed by atoms with Crippen molar-refractivity contribution in [1.82, 2.24) is 0 Å². The Hall–Kier alpha value is 0.0534. The van der Waals surface area contributed by atoms with E-state index in [1.807, 2.05) is 0 Å². The molecule has 4 heteroatoms. The molecular formula is C6H11O3Zn. The van der Waals surface area contributed by atoms with E-state index < -0.39 is 5.97 Å². The quantitative estimate of drug-likeness (QED) is 0.526. The number of hydrogen-bond acceptors (Lipinski definition) is 2. The van der Waals surface area contributed by atoms with Crippen LogP contribution in [0.25, 0.3) is 0 Å². The van der Waals surface area contributed by atoms with Gasteiger partial charge in [-0.15, -0.1) is 0 Å². The molecular weight excluding hydrogens is 185 g/mol. The number of ether oxygens (including phenoxy) is 1. The van der Waals surface area contributed by atoms with E-state index in [4.69, 9.17) is 9.84 Å². The van der Waals surface area contributed by atoms with E-state index in [9.17, 15) is 4.79 Å². The van der Waals surface area contributed by atoms with Crippen LogP contribution in [0.2, 0.25) is 5.02 Å². The van der Waals surface area contributed by atoms with Crippen molar-refractivity contribution in [3.05, 3.63) is 0 Å². The zero-order chi connectivity index (χ0) is 7.98. The summed E-state index contributed by atoms with van der Waals surface area (Å²) in [5.74, 6) is -0.745. The fraction of sp³-hybridized carbons (Fsp3) is 0.833. The maximum atomic E-state index is 9.37. The molecule has 0 aliphatic carbocycles. The van der Waals surface area contributed by atoms with E-state index in [0.717, 1.165) is 6.61 Å². The van der Waals surface area contributed by atoms with E-state index in [2.05, 4.69) is 0 Å². The van der Waals surface area contributed by atoms with Crippen LogP contribution in [0.3, 0.4) is 0 Å². The molecule has 1 aliphatic heterocycles. The molecule has 0 bridgehead atoms. The van der Waals surface area contributed by atoms with Gasteiger partial charge in [-0.05, 0) is 0 Å². The third-order valence-electron chi connectivity index (χ3n) is 1.03. The normalized spacial score (nSPS) is 20.9. The van der Waals surface area contributed by atoms with E-state index in [0.29, 0.717) is 6.10 Å². The monoisotopic (exact) mass is 195 g/mol. The number of aliphatic carboxylic acids is 1. The molecule has 1 heterocycles. The van der Waals surface area contributed by atoms with Crippen molar-refractivity contribution in [3.63, 3.8) is 0 Å². The predicted molar refractivity (Wildman–Crippen MR) is 32.5 cm³/mol. The Morgan fingerprint density at radius 2 is 2.30 bits per heavy atom. The summed E-state index contributed by atoms with van der Waals surface area (Å²) in [6.45, 7) is 2.64. The van der Waals surface area contributed by atoms with Crippen LogP contribution >= 0.6 is 0 Å². The Morgan fingerprint density at radius 1 is 1.90 bits per heavy atom. The zero-order valence-corrected chi connectivity index (χ0v) is 9.14. The molecule has 1 unspecified atom stereocenters. The fourth-order valence-corrected chi connectivity index (χ4v) is 0.934. The first kappa shape index (κ1) is 10.1. The minimum absolute atomic E-state index is 0.222. The zero-order valence-electron chi connectivity index (χ0n) is 6.17. The molecule has 3 nitrogen and oxygen atoms in total. The molecule has 1 aliphatic rings. The number of carboxylic acids is 1. The van der Waals surface area contributed by atoms with Crippen LogP contribution in [-0.4, -0.2) is 23.8 Å². The molecule has 0 aromatic carbocycles. The van der Waals surface area contributed by atoms with Gasteiger partial charge in [0.05, 0.1) is 0 Å². The van der Waals surface area contributed by atoms with Crippen LogP contribution in [0.4, 0.5) is 0 Å². The Labute approximate surface area is 70.4 Å². The minimum atomic E-state index is -0.745. The summed E-state index contributed by atoms with van der Waals surface area (Å²) < 4.78 is 4.89. The van der Waals surface area contributed by atoms with Gasteiger partial charge in [-0.3, -0.25) is 4.79 Å². The second kappa shape index (κ2) is 5.81. The summed E-state index contributed by atoms with van der Waals surface area (Å²) >= 11 is 1.39. The molecule has 1 rings (SSSR count). The van der Waals surface area contributed by atoms with Gasteiger partial charge in [0.25, 0.3) is 0 Å². The Morgan fingerprint density at radius 3 is 2.30 bits per heavy atom. The second-order valence-electron chi connectivity index (χ2n) is 1.99. The summed E-state index contributed by atoms with van der Waals surface area (Å²) in [6, 6.07) is 0. The first-order valence-electron chi connectivity index (χ1n) is 3.33. The number of rotatable bonds is 2. The van der Waals surface area contributed by atoms with Gasteiger partial charge in [0, 0.05) is 6.42 Å². The predicted octanol–water partition coefficient (Wildman–Crippen LogP) is 0.831. The molecule has 1 fully saturated rings. The molecule has 0 amide bonds. The van der Waals surface area contributed by atoms with E-state index >= 15 is 0 Å². The van der Waals surface area contributed by atoms with Crippen LogP contribution in [0, 0.1) is 0 Å². The van der Waals surface area contributed by atoms with Crippen LogP contribution in [0.5, 0.6) is 0 Å². The Balaban J connectivity index is 0.000000162. The van der Waals surface area contributed by atoms with Gasteiger partial charge in [0.15, 0.2) is 0 Å². The molecule has 1 N–H and O–H groups in total. The average Bonchev–Trinajstić information content (AvgIpc) is 2.70. The first-order valence-corrected chi connectivity index (χ1v) is 5.43. The summed E-state index contributed by atoms with van der Waals surface area (Å²) in [7, 11) is 0. The van der Waals surface area contributed by atoms with Gasteiger partial charge >= 0.3 is 46.7 Å². The standard InChI is InChI=1S/C3H6O2.C3H5O.Zn/c1-2-3(4)5;1-3-2-4-3;/h2H2,1H3,(H,4,5);3H,1-2H2;. The molecule has 0 spiro atoms. The van der Waals surface area contributed by atoms with Crippen molar-refractivity contribution in [1.29, 1.82) is 0 Å². The van der Waals surface area contributed by atoms with Crippen LogP contribution in [0.1, 0.15) is 13.3 Å². The number of epoxide rings is 1. The van der Waals surface area contributed by atoms with Gasteiger partial charge in [-0.25, -0.2) is 0 Å². The topological polar surface area (TPSA) is 49.8 Å². The molecule has 0 aromatic rings. The van der Waals surface area contributed by atoms with Crippen molar-refractivity contribution in [2.24, 2.45) is 0 Å². The Bertz CT molecular complexity index is 101. The third kappa shape index (κ3) is 8.05. The molecule has 55 valence electrons. The fourth-order valence-electron chi connectivity index (χ4n) is 0.235. The van der Waals surface area contributed by atoms with Crippen molar-refractivity contribution in [2.45, 2.75) is 24.5 Å². The van der Waals surface area contributed by atoms with Crippen molar-refractivity contribution in [3.8, 4) is 0 Å². The SMILES string of the molecule is CCC(=O)O.[Zn][CH2]C1CO1. The van der Waals surface area contributed by atoms with Gasteiger partial charge < -0.3 is 5.11 Å². The Kier molecular flexibility index (Phi) is 5.84. The van der Waals surface area contributed by atoms with Gasteiger partial charge in [-0.1, -0.05) is 6.92 Å². The molecule has 1 saturated heterocycles.